The van der Waals surface area contributed by atoms with E-state index in [0.717, 1.165) is 0 Å². The Morgan fingerprint density at radius 3 is 2.38 bits per heavy atom. The fourth-order valence-corrected chi connectivity index (χ4v) is 4.08. The molecule has 8 heteroatoms. The molecule has 3 rings (SSSR count). The highest BCUT2D eigenvalue weighted by molar-refractivity contribution is 7.89. The Hall–Kier alpha value is -2.58. The van der Waals surface area contributed by atoms with Gasteiger partial charge in [-0.1, -0.05) is 6.07 Å². The highest BCUT2D eigenvalue weighted by atomic mass is 32.2. The van der Waals surface area contributed by atoms with Gasteiger partial charge in [0.2, 0.25) is 15.9 Å². The van der Waals surface area contributed by atoms with Crippen molar-refractivity contribution in [1.82, 2.24) is 4.72 Å². The number of sulfonamides is 1. The fraction of sp³-hybridized carbons (Fsp3) is 0.278. The van der Waals surface area contributed by atoms with Gasteiger partial charge in [0.1, 0.15) is 11.5 Å². The zero-order valence-corrected chi connectivity index (χ0v) is 15.3. The molecule has 0 spiro atoms. The zero-order chi connectivity index (χ0) is 18.7. The summed E-state index contributed by atoms with van der Waals surface area (Å²) < 4.78 is 37.9. The van der Waals surface area contributed by atoms with Gasteiger partial charge in [-0.25, -0.2) is 13.1 Å². The van der Waals surface area contributed by atoms with Gasteiger partial charge < -0.3 is 14.4 Å². The minimum absolute atomic E-state index is 0.104. The number of hydrogen-bond donors (Lipinski definition) is 1. The van der Waals surface area contributed by atoms with Crippen LogP contribution in [0.25, 0.3) is 0 Å². The third-order valence-electron chi connectivity index (χ3n) is 4.18. The number of carbonyl (C=O) groups excluding carboxylic acids is 1. The van der Waals surface area contributed by atoms with Gasteiger partial charge in [-0.05, 0) is 36.4 Å². The third kappa shape index (κ3) is 3.81. The highest BCUT2D eigenvalue weighted by Crippen LogP contribution is 2.26. The molecule has 138 valence electrons. The Kier molecular flexibility index (Phi) is 5.15. The minimum Gasteiger partial charge on any atom is -0.497 e. The first kappa shape index (κ1) is 18.2. The largest absolute Gasteiger partial charge is 0.497 e. The summed E-state index contributed by atoms with van der Waals surface area (Å²) in [7, 11) is -0.654. The van der Waals surface area contributed by atoms with Crippen LogP contribution in [0.2, 0.25) is 0 Å². The number of methoxy groups -OCH3 is 2. The van der Waals surface area contributed by atoms with Crippen LogP contribution in [-0.2, 0) is 14.8 Å². The van der Waals surface area contributed by atoms with Gasteiger partial charge in [0, 0.05) is 30.8 Å². The van der Waals surface area contributed by atoms with Crippen LogP contribution in [0, 0.1) is 0 Å². The monoisotopic (exact) mass is 376 g/mol. The minimum atomic E-state index is -3.72. The average molecular weight is 376 g/mol. The third-order valence-corrected chi connectivity index (χ3v) is 5.72. The molecule has 1 aliphatic heterocycles. The molecule has 2 aromatic rings. The number of nitrogens with one attached hydrogen (secondary N) is 1. The van der Waals surface area contributed by atoms with Crippen LogP contribution < -0.4 is 19.1 Å². The van der Waals surface area contributed by atoms with Crippen molar-refractivity contribution in [2.45, 2.75) is 17.4 Å². The Morgan fingerprint density at radius 2 is 1.73 bits per heavy atom. The fourth-order valence-electron chi connectivity index (χ4n) is 2.86. The van der Waals surface area contributed by atoms with E-state index in [0.29, 0.717) is 17.2 Å². The van der Waals surface area contributed by atoms with Crippen molar-refractivity contribution in [2.75, 3.05) is 25.7 Å². The zero-order valence-electron chi connectivity index (χ0n) is 14.5. The van der Waals surface area contributed by atoms with E-state index in [9.17, 15) is 13.2 Å². The molecular formula is C18H20N2O5S. The molecule has 26 heavy (non-hydrogen) atoms. The Balaban J connectivity index is 1.73. The summed E-state index contributed by atoms with van der Waals surface area (Å²) in [6, 6.07) is 12.7. The first-order valence-electron chi connectivity index (χ1n) is 8.04. The van der Waals surface area contributed by atoms with Crippen LogP contribution in [0.3, 0.4) is 0 Å². The number of amides is 1. The van der Waals surface area contributed by atoms with Crippen LogP contribution in [0.4, 0.5) is 5.69 Å². The van der Waals surface area contributed by atoms with Gasteiger partial charge in [0.15, 0.2) is 0 Å². The van der Waals surface area contributed by atoms with Crippen molar-refractivity contribution in [3.05, 3.63) is 48.5 Å². The summed E-state index contributed by atoms with van der Waals surface area (Å²) in [5, 5.41) is 0. The standard InChI is InChI=1S/C18H20N2O5S/c1-24-15-6-8-17(9-7-15)26(22,23)19-13-10-18(21)20(12-13)14-4-3-5-16(11-14)25-2/h3-9,11,13,19H,10,12H2,1-2H3. The molecule has 0 radical (unpaired) electrons. The van der Waals surface area contributed by atoms with Gasteiger partial charge in [-0.3, -0.25) is 4.79 Å². The number of anilines is 1. The van der Waals surface area contributed by atoms with E-state index >= 15 is 0 Å². The topological polar surface area (TPSA) is 84.9 Å². The molecule has 0 saturated carbocycles. The molecule has 0 aromatic heterocycles. The van der Waals surface area contributed by atoms with Gasteiger partial charge in [-0.2, -0.15) is 0 Å². The van der Waals surface area contributed by atoms with Gasteiger partial charge in [0.05, 0.1) is 19.1 Å². The van der Waals surface area contributed by atoms with E-state index in [4.69, 9.17) is 9.47 Å². The molecule has 1 unspecified atom stereocenters. The van der Waals surface area contributed by atoms with E-state index in [1.807, 2.05) is 0 Å². The summed E-state index contributed by atoms with van der Waals surface area (Å²) in [6.45, 7) is 0.265. The summed E-state index contributed by atoms with van der Waals surface area (Å²) in [6.07, 6.45) is 0.104. The SMILES string of the molecule is COc1ccc(S(=O)(=O)NC2CC(=O)N(c3cccc(OC)c3)C2)cc1. The van der Waals surface area contributed by atoms with Crippen molar-refractivity contribution >= 4 is 21.6 Å². The van der Waals surface area contributed by atoms with Crippen molar-refractivity contribution in [2.24, 2.45) is 0 Å². The second kappa shape index (κ2) is 7.35. The molecule has 1 saturated heterocycles. The van der Waals surface area contributed by atoms with Crippen molar-refractivity contribution in [3.8, 4) is 11.5 Å². The Morgan fingerprint density at radius 1 is 1.04 bits per heavy atom. The van der Waals surface area contributed by atoms with Crippen LogP contribution in [-0.4, -0.2) is 41.1 Å². The lowest BCUT2D eigenvalue weighted by Gasteiger charge is -2.18. The summed E-state index contributed by atoms with van der Waals surface area (Å²) in [5.74, 6) is 1.07. The van der Waals surface area contributed by atoms with Crippen molar-refractivity contribution in [3.63, 3.8) is 0 Å². The number of hydrogen-bond acceptors (Lipinski definition) is 5. The molecule has 0 bridgehead atoms. The van der Waals surface area contributed by atoms with E-state index in [2.05, 4.69) is 4.72 Å². The first-order valence-corrected chi connectivity index (χ1v) is 9.52. The smallest absolute Gasteiger partial charge is 0.240 e. The van der Waals surface area contributed by atoms with E-state index < -0.39 is 16.1 Å². The lowest BCUT2D eigenvalue weighted by Crippen LogP contribution is -2.37. The second-order valence-corrected chi connectivity index (χ2v) is 7.62. The highest BCUT2D eigenvalue weighted by Gasteiger charge is 2.33. The number of carbonyl (C=O) groups is 1. The maximum Gasteiger partial charge on any atom is 0.240 e. The normalized spacial score (nSPS) is 17.4. The number of benzene rings is 2. The quantitative estimate of drug-likeness (QED) is 0.831. The molecule has 1 atom stereocenters. The molecule has 1 aliphatic rings. The van der Waals surface area contributed by atoms with Crippen LogP contribution in [0.5, 0.6) is 11.5 Å². The molecule has 1 N–H and O–H groups in total. The maximum absolute atomic E-state index is 12.5. The van der Waals surface area contributed by atoms with Crippen molar-refractivity contribution in [1.29, 1.82) is 0 Å². The van der Waals surface area contributed by atoms with Crippen molar-refractivity contribution < 1.29 is 22.7 Å². The average Bonchev–Trinajstić information content (AvgIpc) is 3.01. The maximum atomic E-state index is 12.5. The van der Waals surface area contributed by atoms with Gasteiger partial charge in [-0.15, -0.1) is 0 Å². The van der Waals surface area contributed by atoms with E-state index in [1.165, 1.54) is 19.2 Å². The molecule has 2 aromatic carbocycles. The number of ether oxygens (including phenoxy) is 2. The van der Waals surface area contributed by atoms with Gasteiger partial charge >= 0.3 is 0 Å². The molecule has 0 aliphatic carbocycles. The van der Waals surface area contributed by atoms with E-state index in [-0.39, 0.29) is 23.8 Å². The van der Waals surface area contributed by atoms with Gasteiger partial charge in [0.25, 0.3) is 0 Å². The molecule has 1 amide bonds. The predicted octanol–water partition coefficient (Wildman–Crippen LogP) is 1.79. The van der Waals surface area contributed by atoms with Crippen LogP contribution in [0.15, 0.2) is 53.4 Å². The molecular weight excluding hydrogens is 356 g/mol. The second-order valence-electron chi connectivity index (χ2n) is 5.90. The first-order chi connectivity index (χ1) is 12.4. The van der Waals surface area contributed by atoms with Crippen LogP contribution in [0.1, 0.15) is 6.42 Å². The van der Waals surface area contributed by atoms with Crippen LogP contribution >= 0.6 is 0 Å². The number of nitrogens with zero attached hydrogens (tertiary/aromatic N) is 1. The number of rotatable bonds is 6. The molecule has 1 fully saturated rings. The molecule has 7 nitrogen and oxygen atoms in total. The summed E-state index contributed by atoms with van der Waals surface area (Å²) in [5.41, 5.74) is 0.681. The lowest BCUT2D eigenvalue weighted by molar-refractivity contribution is -0.117. The summed E-state index contributed by atoms with van der Waals surface area (Å²) in [4.78, 5) is 14.0. The predicted molar refractivity (Wildman–Crippen MR) is 97.1 cm³/mol. The van der Waals surface area contributed by atoms with E-state index in [1.54, 1.807) is 48.4 Å². The Bertz CT molecular complexity index is 896. The lowest BCUT2D eigenvalue weighted by atomic mass is 10.3. The molecule has 1 heterocycles. The summed E-state index contributed by atoms with van der Waals surface area (Å²) >= 11 is 0. The Labute approximate surface area is 152 Å².